The van der Waals surface area contributed by atoms with Gasteiger partial charge in [-0.15, -0.1) is 0 Å². The van der Waals surface area contributed by atoms with E-state index in [1.54, 1.807) is 19.3 Å². The Morgan fingerprint density at radius 3 is 2.72 bits per heavy atom. The third kappa shape index (κ3) is 5.87. The van der Waals surface area contributed by atoms with Crippen LogP contribution in [0, 0.1) is 5.92 Å². The normalized spacial score (nSPS) is 11.7. The molecule has 18 heavy (non-hydrogen) atoms. The Bertz CT molecular complexity index is 373. The molecule has 0 bridgehead atoms. The number of hydrogen-bond donors (Lipinski definition) is 2. The van der Waals surface area contributed by atoms with Crippen LogP contribution in [0.3, 0.4) is 0 Å². The molecule has 0 aromatic carbocycles. The van der Waals surface area contributed by atoms with Crippen molar-refractivity contribution in [2.24, 2.45) is 10.9 Å². The lowest BCUT2D eigenvalue weighted by Crippen LogP contribution is -2.37. The zero-order valence-electron chi connectivity index (χ0n) is 11.2. The first-order valence-electron chi connectivity index (χ1n) is 6.16. The summed E-state index contributed by atoms with van der Waals surface area (Å²) < 4.78 is 0. The summed E-state index contributed by atoms with van der Waals surface area (Å²) in [4.78, 5) is 8.20. The number of guanidine groups is 1. The van der Waals surface area contributed by atoms with Crippen LogP contribution in [0.2, 0.25) is 5.15 Å². The summed E-state index contributed by atoms with van der Waals surface area (Å²) in [5.74, 6) is 1.50. The molecule has 0 radical (unpaired) electrons. The van der Waals surface area contributed by atoms with Crippen LogP contribution in [0.5, 0.6) is 0 Å². The van der Waals surface area contributed by atoms with E-state index >= 15 is 0 Å². The molecule has 100 valence electrons. The Labute approximate surface area is 114 Å². The third-order valence-electron chi connectivity index (χ3n) is 2.49. The molecule has 0 saturated carbocycles. The highest BCUT2D eigenvalue weighted by Gasteiger charge is 1.99. The van der Waals surface area contributed by atoms with Gasteiger partial charge in [-0.1, -0.05) is 31.5 Å². The molecule has 0 unspecified atom stereocenters. The fourth-order valence-corrected chi connectivity index (χ4v) is 1.51. The van der Waals surface area contributed by atoms with E-state index in [1.165, 1.54) is 0 Å². The highest BCUT2D eigenvalue weighted by molar-refractivity contribution is 6.29. The van der Waals surface area contributed by atoms with Gasteiger partial charge in [0.25, 0.3) is 0 Å². The van der Waals surface area contributed by atoms with Gasteiger partial charge in [0.05, 0.1) is 0 Å². The molecule has 1 heterocycles. The highest BCUT2D eigenvalue weighted by atomic mass is 35.5. The number of pyridine rings is 1. The monoisotopic (exact) mass is 268 g/mol. The van der Waals surface area contributed by atoms with Crippen molar-refractivity contribution >= 4 is 17.6 Å². The minimum Gasteiger partial charge on any atom is -0.356 e. The minimum absolute atomic E-state index is 0.512. The van der Waals surface area contributed by atoms with Crippen molar-refractivity contribution in [3.63, 3.8) is 0 Å². The second kappa shape index (κ2) is 7.93. The highest BCUT2D eigenvalue weighted by Crippen LogP contribution is 2.04. The smallest absolute Gasteiger partial charge is 0.191 e. The van der Waals surface area contributed by atoms with Gasteiger partial charge < -0.3 is 10.6 Å². The molecule has 2 N–H and O–H groups in total. The van der Waals surface area contributed by atoms with E-state index in [9.17, 15) is 0 Å². The standard InChI is InChI=1S/C13H21ClN4/c1-10(2)6-7-16-13(15-3)18-9-11-4-5-12(14)17-8-11/h4-5,8,10H,6-7,9H2,1-3H3,(H2,15,16,18). The molecule has 1 aromatic heterocycles. The van der Waals surface area contributed by atoms with E-state index in [1.807, 2.05) is 6.07 Å². The van der Waals surface area contributed by atoms with E-state index in [4.69, 9.17) is 11.6 Å². The number of halogens is 1. The van der Waals surface area contributed by atoms with Crippen LogP contribution in [-0.4, -0.2) is 24.5 Å². The molecule has 0 amide bonds. The average Bonchev–Trinajstić information content (AvgIpc) is 2.35. The van der Waals surface area contributed by atoms with E-state index in [0.717, 1.165) is 24.5 Å². The van der Waals surface area contributed by atoms with Gasteiger partial charge in [0.2, 0.25) is 0 Å². The quantitative estimate of drug-likeness (QED) is 0.490. The van der Waals surface area contributed by atoms with Crippen molar-refractivity contribution < 1.29 is 0 Å². The van der Waals surface area contributed by atoms with Gasteiger partial charge in [-0.05, 0) is 24.0 Å². The summed E-state index contributed by atoms with van der Waals surface area (Å²) in [5, 5.41) is 7.02. The Morgan fingerprint density at radius 1 is 1.39 bits per heavy atom. The van der Waals surface area contributed by atoms with Crippen LogP contribution in [-0.2, 0) is 6.54 Å². The van der Waals surface area contributed by atoms with E-state index < -0.39 is 0 Å². The maximum atomic E-state index is 5.73. The third-order valence-corrected chi connectivity index (χ3v) is 2.71. The van der Waals surface area contributed by atoms with Crippen LogP contribution in [0.4, 0.5) is 0 Å². The first kappa shape index (κ1) is 14.8. The molecule has 0 saturated heterocycles. The summed E-state index contributed by atoms with van der Waals surface area (Å²) in [6.07, 6.45) is 2.89. The van der Waals surface area contributed by atoms with Gasteiger partial charge in [0, 0.05) is 26.3 Å². The summed E-state index contributed by atoms with van der Waals surface area (Å²) in [6.45, 7) is 6.02. The molecule has 5 heteroatoms. The summed E-state index contributed by atoms with van der Waals surface area (Å²) in [5.41, 5.74) is 1.08. The van der Waals surface area contributed by atoms with Gasteiger partial charge in [-0.3, -0.25) is 4.99 Å². The zero-order valence-corrected chi connectivity index (χ0v) is 12.0. The molecule has 0 spiro atoms. The lowest BCUT2D eigenvalue weighted by atomic mass is 10.1. The minimum atomic E-state index is 0.512. The van der Waals surface area contributed by atoms with E-state index in [0.29, 0.717) is 17.6 Å². The maximum absolute atomic E-state index is 5.73. The summed E-state index contributed by atoms with van der Waals surface area (Å²) in [6, 6.07) is 3.73. The average molecular weight is 269 g/mol. The Kier molecular flexibility index (Phi) is 6.50. The van der Waals surface area contributed by atoms with Crippen molar-refractivity contribution in [1.82, 2.24) is 15.6 Å². The second-order valence-corrected chi connectivity index (χ2v) is 4.91. The maximum Gasteiger partial charge on any atom is 0.191 e. The van der Waals surface area contributed by atoms with Crippen molar-refractivity contribution in [1.29, 1.82) is 0 Å². The largest absolute Gasteiger partial charge is 0.356 e. The SMILES string of the molecule is CN=C(NCCC(C)C)NCc1ccc(Cl)nc1. The number of hydrogen-bond acceptors (Lipinski definition) is 2. The second-order valence-electron chi connectivity index (χ2n) is 4.52. The fraction of sp³-hybridized carbons (Fsp3) is 0.538. The predicted molar refractivity (Wildman–Crippen MR) is 76.9 cm³/mol. The van der Waals surface area contributed by atoms with Gasteiger partial charge >= 0.3 is 0 Å². The lowest BCUT2D eigenvalue weighted by molar-refractivity contribution is 0.573. The van der Waals surface area contributed by atoms with Crippen molar-refractivity contribution in [2.45, 2.75) is 26.8 Å². The van der Waals surface area contributed by atoms with Crippen LogP contribution >= 0.6 is 11.6 Å². The van der Waals surface area contributed by atoms with Crippen LogP contribution < -0.4 is 10.6 Å². The molecule has 4 nitrogen and oxygen atoms in total. The molecular weight excluding hydrogens is 248 g/mol. The predicted octanol–water partition coefficient (Wildman–Crippen LogP) is 2.45. The molecule has 1 rings (SSSR count). The van der Waals surface area contributed by atoms with Crippen LogP contribution in [0.15, 0.2) is 23.3 Å². The molecular formula is C13H21ClN4. The number of aromatic nitrogens is 1. The fourth-order valence-electron chi connectivity index (χ4n) is 1.40. The summed E-state index contributed by atoms with van der Waals surface area (Å²) in [7, 11) is 1.77. The van der Waals surface area contributed by atoms with E-state index in [2.05, 4.69) is 34.5 Å². The first-order valence-corrected chi connectivity index (χ1v) is 6.54. The van der Waals surface area contributed by atoms with Crippen molar-refractivity contribution in [2.75, 3.05) is 13.6 Å². The molecule has 0 atom stereocenters. The molecule has 1 aromatic rings. The van der Waals surface area contributed by atoms with Crippen molar-refractivity contribution in [3.8, 4) is 0 Å². The zero-order chi connectivity index (χ0) is 13.4. The Morgan fingerprint density at radius 2 is 2.17 bits per heavy atom. The number of nitrogens with one attached hydrogen (secondary N) is 2. The van der Waals surface area contributed by atoms with E-state index in [-0.39, 0.29) is 0 Å². The molecule has 0 fully saturated rings. The molecule has 0 aliphatic heterocycles. The van der Waals surface area contributed by atoms with Gasteiger partial charge in [0.15, 0.2) is 5.96 Å². The first-order chi connectivity index (χ1) is 8.61. The van der Waals surface area contributed by atoms with Crippen molar-refractivity contribution in [3.05, 3.63) is 29.0 Å². The Hall–Kier alpha value is -1.29. The number of rotatable bonds is 5. The molecule has 0 aliphatic rings. The van der Waals surface area contributed by atoms with Gasteiger partial charge in [0.1, 0.15) is 5.15 Å². The number of nitrogens with zero attached hydrogens (tertiary/aromatic N) is 2. The lowest BCUT2D eigenvalue weighted by Gasteiger charge is -2.12. The van der Waals surface area contributed by atoms with Crippen LogP contribution in [0.1, 0.15) is 25.8 Å². The van der Waals surface area contributed by atoms with Crippen LogP contribution in [0.25, 0.3) is 0 Å². The number of aliphatic imine (C=N–C) groups is 1. The molecule has 0 aliphatic carbocycles. The summed E-state index contributed by atoms with van der Waals surface area (Å²) >= 11 is 5.73. The van der Waals surface area contributed by atoms with Gasteiger partial charge in [-0.2, -0.15) is 0 Å². The topological polar surface area (TPSA) is 49.3 Å². The van der Waals surface area contributed by atoms with Gasteiger partial charge in [-0.25, -0.2) is 4.98 Å². The Balaban J connectivity index is 2.33.